The van der Waals surface area contributed by atoms with E-state index < -0.39 is 0 Å². The first-order valence-corrected chi connectivity index (χ1v) is 5.42. The average Bonchev–Trinajstić information content (AvgIpc) is 2.24. The van der Waals surface area contributed by atoms with Gasteiger partial charge in [0.1, 0.15) is 6.42 Å². The predicted molar refractivity (Wildman–Crippen MR) is 64.3 cm³/mol. The van der Waals surface area contributed by atoms with Gasteiger partial charge in [0.15, 0.2) is 0 Å². The van der Waals surface area contributed by atoms with E-state index in [-0.39, 0.29) is 12.4 Å². The van der Waals surface area contributed by atoms with Gasteiger partial charge in [0, 0.05) is 10.6 Å². The van der Waals surface area contributed by atoms with Crippen molar-refractivity contribution in [3.8, 4) is 11.8 Å². The Labute approximate surface area is 101 Å². The lowest BCUT2D eigenvalue weighted by Crippen LogP contribution is -2.01. The molecule has 0 amide bonds. The van der Waals surface area contributed by atoms with Gasteiger partial charge in [0.25, 0.3) is 0 Å². The largest absolute Gasteiger partial charge is 0.465 e. The van der Waals surface area contributed by atoms with Crippen molar-refractivity contribution in [2.24, 2.45) is 0 Å². The Kier molecular flexibility index (Phi) is 4.88. The quantitative estimate of drug-likeness (QED) is 0.583. The number of hydrogen-bond acceptors (Lipinski definition) is 2. The zero-order valence-electron chi connectivity index (χ0n) is 9.34. The van der Waals surface area contributed by atoms with E-state index in [0.29, 0.717) is 11.6 Å². The molecule has 0 N–H and O–H groups in total. The maximum absolute atomic E-state index is 11.0. The third kappa shape index (κ3) is 3.96. The maximum Gasteiger partial charge on any atom is 0.317 e. The third-order valence-electron chi connectivity index (χ3n) is 1.94. The van der Waals surface area contributed by atoms with Gasteiger partial charge in [-0.2, -0.15) is 0 Å². The molecule has 0 aliphatic heterocycles. The lowest BCUT2D eigenvalue weighted by atomic mass is 10.1. The molecule has 1 aromatic rings. The van der Waals surface area contributed by atoms with Gasteiger partial charge < -0.3 is 4.74 Å². The number of esters is 1. The Bertz CT molecular complexity index is 441. The molecule has 0 aliphatic carbocycles. The topological polar surface area (TPSA) is 26.3 Å². The third-order valence-corrected chi connectivity index (χ3v) is 2.35. The second kappa shape index (κ2) is 6.19. The van der Waals surface area contributed by atoms with Crippen LogP contribution in [0.1, 0.15) is 24.5 Å². The van der Waals surface area contributed by atoms with Crippen molar-refractivity contribution >= 4 is 17.6 Å². The van der Waals surface area contributed by atoms with Gasteiger partial charge in [0.05, 0.1) is 6.61 Å². The number of carbonyl (C=O) groups excluding carboxylic acids is 1. The van der Waals surface area contributed by atoms with Crippen LogP contribution in [0.5, 0.6) is 0 Å². The molecule has 0 heterocycles. The summed E-state index contributed by atoms with van der Waals surface area (Å²) in [5, 5.41) is 0.683. The Morgan fingerprint density at radius 3 is 2.88 bits per heavy atom. The van der Waals surface area contributed by atoms with E-state index in [4.69, 9.17) is 16.3 Å². The van der Waals surface area contributed by atoms with Crippen LogP contribution in [-0.2, 0) is 9.53 Å². The Balaban J connectivity index is 2.63. The van der Waals surface area contributed by atoms with E-state index in [2.05, 4.69) is 11.8 Å². The molecule has 0 bridgehead atoms. The van der Waals surface area contributed by atoms with Crippen LogP contribution in [0.15, 0.2) is 18.2 Å². The maximum atomic E-state index is 11.0. The van der Waals surface area contributed by atoms with E-state index in [1.165, 1.54) is 0 Å². The normalized spacial score (nSPS) is 9.19. The molecule has 0 spiro atoms. The first kappa shape index (κ1) is 12.6. The molecular weight excluding hydrogens is 224 g/mol. The molecule has 16 heavy (non-hydrogen) atoms. The number of ether oxygens (including phenoxy) is 1. The SMILES string of the molecule is CCOC(=O)CC#Cc1ccc(C)c(Cl)c1. The van der Waals surface area contributed by atoms with Crippen molar-refractivity contribution < 1.29 is 9.53 Å². The molecule has 1 rings (SSSR count). The summed E-state index contributed by atoms with van der Waals surface area (Å²) in [6, 6.07) is 5.56. The minimum atomic E-state index is -0.298. The van der Waals surface area contributed by atoms with Crippen molar-refractivity contribution in [1.82, 2.24) is 0 Å². The fourth-order valence-electron chi connectivity index (χ4n) is 1.10. The molecule has 0 saturated carbocycles. The van der Waals surface area contributed by atoms with E-state index >= 15 is 0 Å². The number of aryl methyl sites for hydroxylation is 1. The molecule has 0 unspecified atom stereocenters. The highest BCUT2D eigenvalue weighted by atomic mass is 35.5. The van der Waals surface area contributed by atoms with E-state index in [1.807, 2.05) is 19.1 Å². The summed E-state index contributed by atoms with van der Waals surface area (Å²) < 4.78 is 4.76. The number of rotatable bonds is 2. The number of hydrogen-bond donors (Lipinski definition) is 0. The van der Waals surface area contributed by atoms with Crippen molar-refractivity contribution in [2.75, 3.05) is 6.61 Å². The molecule has 3 heteroatoms. The van der Waals surface area contributed by atoms with Crippen molar-refractivity contribution in [1.29, 1.82) is 0 Å². The molecule has 0 aromatic heterocycles. The minimum Gasteiger partial charge on any atom is -0.465 e. The van der Waals surface area contributed by atoms with Crippen molar-refractivity contribution in [2.45, 2.75) is 20.3 Å². The van der Waals surface area contributed by atoms with Crippen LogP contribution in [0.4, 0.5) is 0 Å². The highest BCUT2D eigenvalue weighted by Crippen LogP contribution is 2.15. The summed E-state index contributed by atoms with van der Waals surface area (Å²) in [6.07, 6.45) is 0.110. The van der Waals surface area contributed by atoms with Crippen LogP contribution in [0.2, 0.25) is 5.02 Å². The molecular formula is C13H13ClO2. The molecule has 0 radical (unpaired) electrons. The second-order valence-corrected chi connectivity index (χ2v) is 3.65. The van der Waals surface area contributed by atoms with Crippen LogP contribution < -0.4 is 0 Å². The summed E-state index contributed by atoms with van der Waals surface area (Å²) in [7, 11) is 0. The first-order chi connectivity index (χ1) is 7.63. The van der Waals surface area contributed by atoms with E-state index in [1.54, 1.807) is 13.0 Å². The fraction of sp³-hybridized carbons (Fsp3) is 0.308. The smallest absolute Gasteiger partial charge is 0.317 e. The summed E-state index contributed by atoms with van der Waals surface area (Å²) >= 11 is 5.95. The average molecular weight is 237 g/mol. The van der Waals surface area contributed by atoms with Gasteiger partial charge in [-0.1, -0.05) is 29.5 Å². The molecule has 84 valence electrons. The zero-order chi connectivity index (χ0) is 12.0. The zero-order valence-corrected chi connectivity index (χ0v) is 10.1. The predicted octanol–water partition coefficient (Wildman–Crippen LogP) is 2.95. The monoisotopic (exact) mass is 236 g/mol. The highest BCUT2D eigenvalue weighted by molar-refractivity contribution is 6.31. The number of halogens is 1. The van der Waals surface area contributed by atoms with Crippen LogP contribution >= 0.6 is 11.6 Å². The fourth-order valence-corrected chi connectivity index (χ4v) is 1.28. The van der Waals surface area contributed by atoms with Gasteiger partial charge in [-0.15, -0.1) is 0 Å². The number of carbonyl (C=O) groups is 1. The van der Waals surface area contributed by atoms with Crippen LogP contribution in [0.3, 0.4) is 0 Å². The van der Waals surface area contributed by atoms with E-state index in [0.717, 1.165) is 11.1 Å². The Morgan fingerprint density at radius 2 is 2.25 bits per heavy atom. The highest BCUT2D eigenvalue weighted by Gasteiger charge is 1.97. The van der Waals surface area contributed by atoms with Crippen LogP contribution in [-0.4, -0.2) is 12.6 Å². The lowest BCUT2D eigenvalue weighted by Gasteiger charge is -1.97. The van der Waals surface area contributed by atoms with Gasteiger partial charge >= 0.3 is 5.97 Å². The summed E-state index contributed by atoms with van der Waals surface area (Å²) in [5.41, 5.74) is 1.82. The van der Waals surface area contributed by atoms with Crippen molar-refractivity contribution in [3.05, 3.63) is 34.3 Å². The molecule has 2 nitrogen and oxygen atoms in total. The lowest BCUT2D eigenvalue weighted by molar-refractivity contribution is -0.141. The van der Waals surface area contributed by atoms with E-state index in [9.17, 15) is 4.79 Å². The minimum absolute atomic E-state index is 0.110. The molecule has 0 atom stereocenters. The first-order valence-electron chi connectivity index (χ1n) is 5.04. The van der Waals surface area contributed by atoms with Gasteiger partial charge in [-0.25, -0.2) is 0 Å². The van der Waals surface area contributed by atoms with Crippen LogP contribution in [0, 0.1) is 18.8 Å². The standard InChI is InChI=1S/C13H13ClO2/c1-3-16-13(15)6-4-5-11-8-7-10(2)12(14)9-11/h7-9H,3,6H2,1-2H3. The van der Waals surface area contributed by atoms with Gasteiger partial charge in [-0.05, 0) is 31.5 Å². The summed E-state index contributed by atoms with van der Waals surface area (Å²) in [4.78, 5) is 11.0. The molecule has 0 fully saturated rings. The Hall–Kier alpha value is -1.46. The summed E-state index contributed by atoms with van der Waals surface area (Å²) in [6.45, 7) is 4.08. The Morgan fingerprint density at radius 1 is 1.50 bits per heavy atom. The molecule has 0 saturated heterocycles. The second-order valence-electron chi connectivity index (χ2n) is 3.25. The summed E-state index contributed by atoms with van der Waals surface area (Å²) in [5.74, 6) is 5.32. The molecule has 1 aromatic carbocycles. The number of benzene rings is 1. The van der Waals surface area contributed by atoms with Gasteiger partial charge in [0.2, 0.25) is 0 Å². The van der Waals surface area contributed by atoms with Crippen LogP contribution in [0.25, 0.3) is 0 Å². The van der Waals surface area contributed by atoms with Gasteiger partial charge in [-0.3, -0.25) is 4.79 Å². The molecule has 0 aliphatic rings. The van der Waals surface area contributed by atoms with Crippen molar-refractivity contribution in [3.63, 3.8) is 0 Å².